The second-order valence-electron chi connectivity index (χ2n) is 11.5. The Hall–Kier alpha value is -1.64. The summed E-state index contributed by atoms with van der Waals surface area (Å²) in [5.41, 5.74) is 2.96. The van der Waals surface area contributed by atoms with Gasteiger partial charge in [-0.3, -0.25) is 0 Å². The molecule has 0 saturated carbocycles. The Balaban J connectivity index is 1.27. The first-order valence-electron chi connectivity index (χ1n) is 16.1. The van der Waals surface area contributed by atoms with Gasteiger partial charge in [0.15, 0.2) is 0 Å². The summed E-state index contributed by atoms with van der Waals surface area (Å²) in [6.07, 6.45) is 26.6. The Bertz CT molecular complexity index is 679. The molecule has 0 spiro atoms. The van der Waals surface area contributed by atoms with Crippen LogP contribution in [0.4, 0.5) is 0 Å². The summed E-state index contributed by atoms with van der Waals surface area (Å²) in [7, 11) is 0. The van der Waals surface area contributed by atoms with Crippen LogP contribution in [0, 0.1) is 0 Å². The normalized spacial score (nSPS) is 13.0. The number of rotatable bonds is 25. The maximum Gasteiger partial charge on any atom is 0.0902 e. The highest BCUT2D eigenvalue weighted by Gasteiger charge is 2.08. The molecule has 0 heterocycles. The van der Waals surface area contributed by atoms with Gasteiger partial charge in [0.1, 0.15) is 0 Å². The van der Waals surface area contributed by atoms with Crippen LogP contribution >= 0.6 is 0 Å². The molecule has 2 rings (SSSR count). The molecule has 2 heteroatoms. The van der Waals surface area contributed by atoms with Gasteiger partial charge >= 0.3 is 0 Å². The summed E-state index contributed by atoms with van der Waals surface area (Å²) in [6.45, 7) is 4.30. The van der Waals surface area contributed by atoms with Crippen LogP contribution in [-0.2, 0) is 22.6 Å². The van der Waals surface area contributed by atoms with E-state index in [0.29, 0.717) is 0 Å². The van der Waals surface area contributed by atoms with E-state index in [9.17, 15) is 0 Å². The highest BCUT2D eigenvalue weighted by Crippen LogP contribution is 2.16. The Kier molecular flexibility index (Phi) is 19.9. The molecule has 0 aliphatic carbocycles. The van der Waals surface area contributed by atoms with Gasteiger partial charge in [-0.2, -0.15) is 0 Å². The summed E-state index contributed by atoms with van der Waals surface area (Å²) in [5.74, 6) is 0. The van der Waals surface area contributed by atoms with Crippen molar-refractivity contribution >= 4 is 0 Å². The minimum absolute atomic E-state index is 0.206. The minimum Gasteiger partial charge on any atom is -0.233 e. The molecule has 0 aliphatic heterocycles. The molecule has 0 radical (unpaired) electrons. The Morgan fingerprint density at radius 3 is 1.03 bits per heavy atom. The van der Waals surface area contributed by atoms with Gasteiger partial charge in [0.2, 0.25) is 0 Å². The molecular weight excluding hydrogens is 464 g/mol. The van der Waals surface area contributed by atoms with Crippen LogP contribution in [0.2, 0.25) is 0 Å². The first kappa shape index (κ1) is 32.6. The summed E-state index contributed by atoms with van der Waals surface area (Å²) < 4.78 is 0. The number of hydrogen-bond acceptors (Lipinski definition) is 2. The van der Waals surface area contributed by atoms with Gasteiger partial charge in [-0.25, -0.2) is 9.78 Å². The SMILES string of the molecule is CC(CCCCCCCCCCc1ccccc1)OOC(C)CCCCCCCCCCc1ccccc1. The van der Waals surface area contributed by atoms with Crippen molar-refractivity contribution in [3.8, 4) is 0 Å². The second-order valence-corrected chi connectivity index (χ2v) is 11.5. The smallest absolute Gasteiger partial charge is 0.0902 e. The van der Waals surface area contributed by atoms with Crippen molar-refractivity contribution in [2.24, 2.45) is 0 Å². The zero-order chi connectivity index (χ0) is 26.9. The zero-order valence-electron chi connectivity index (χ0n) is 24.9. The third-order valence-electron chi connectivity index (χ3n) is 7.72. The molecule has 2 aromatic carbocycles. The Labute approximate surface area is 235 Å². The lowest BCUT2D eigenvalue weighted by Gasteiger charge is -2.16. The molecule has 2 atom stereocenters. The van der Waals surface area contributed by atoms with Crippen molar-refractivity contribution < 1.29 is 9.78 Å². The summed E-state index contributed by atoms with van der Waals surface area (Å²) in [6, 6.07) is 21.8. The van der Waals surface area contributed by atoms with Gasteiger partial charge in [-0.05, 0) is 63.5 Å². The van der Waals surface area contributed by atoms with Crippen LogP contribution in [0.5, 0.6) is 0 Å². The van der Waals surface area contributed by atoms with Crippen molar-refractivity contribution in [2.75, 3.05) is 0 Å². The van der Waals surface area contributed by atoms with Gasteiger partial charge in [0.25, 0.3) is 0 Å². The Morgan fingerprint density at radius 1 is 0.395 bits per heavy atom. The third kappa shape index (κ3) is 18.6. The van der Waals surface area contributed by atoms with Gasteiger partial charge in [0, 0.05) is 0 Å². The molecule has 38 heavy (non-hydrogen) atoms. The largest absolute Gasteiger partial charge is 0.233 e. The maximum atomic E-state index is 5.68. The number of benzene rings is 2. The van der Waals surface area contributed by atoms with Crippen LogP contribution in [0.3, 0.4) is 0 Å². The fourth-order valence-corrected chi connectivity index (χ4v) is 5.22. The topological polar surface area (TPSA) is 18.5 Å². The van der Waals surface area contributed by atoms with Gasteiger partial charge in [0.05, 0.1) is 12.2 Å². The molecule has 2 unspecified atom stereocenters. The van der Waals surface area contributed by atoms with Crippen LogP contribution in [0.1, 0.15) is 141 Å². The first-order valence-corrected chi connectivity index (χ1v) is 16.1. The molecule has 0 aliphatic rings. The minimum atomic E-state index is 0.206. The number of unbranched alkanes of at least 4 members (excludes halogenated alkanes) is 14. The van der Waals surface area contributed by atoms with Crippen molar-refractivity contribution in [3.05, 3.63) is 71.8 Å². The van der Waals surface area contributed by atoms with E-state index in [4.69, 9.17) is 9.78 Å². The molecule has 2 nitrogen and oxygen atoms in total. The second kappa shape index (κ2) is 23.3. The molecule has 2 aromatic rings. The Morgan fingerprint density at radius 2 is 0.684 bits per heavy atom. The predicted molar refractivity (Wildman–Crippen MR) is 164 cm³/mol. The molecule has 0 amide bonds. The van der Waals surface area contributed by atoms with Gasteiger partial charge < -0.3 is 0 Å². The molecule has 214 valence electrons. The maximum absolute atomic E-state index is 5.68. The van der Waals surface area contributed by atoms with Crippen LogP contribution < -0.4 is 0 Å². The van der Waals surface area contributed by atoms with Gasteiger partial charge in [-0.15, -0.1) is 0 Å². The van der Waals surface area contributed by atoms with Crippen LogP contribution in [0.15, 0.2) is 60.7 Å². The van der Waals surface area contributed by atoms with E-state index in [1.165, 1.54) is 127 Å². The fraction of sp³-hybridized carbons (Fsp3) is 0.667. The fourth-order valence-electron chi connectivity index (χ4n) is 5.22. The van der Waals surface area contributed by atoms with Crippen molar-refractivity contribution in [2.45, 2.75) is 154 Å². The first-order chi connectivity index (χ1) is 18.7. The molecule has 0 N–H and O–H groups in total. The van der Waals surface area contributed by atoms with E-state index >= 15 is 0 Å². The molecule has 0 saturated heterocycles. The van der Waals surface area contributed by atoms with Crippen molar-refractivity contribution in [3.63, 3.8) is 0 Å². The van der Waals surface area contributed by atoms with E-state index in [1.54, 1.807) is 0 Å². The third-order valence-corrected chi connectivity index (χ3v) is 7.72. The monoisotopic (exact) mass is 522 g/mol. The molecular formula is C36H58O2. The van der Waals surface area contributed by atoms with Gasteiger partial charge in [-0.1, -0.05) is 151 Å². The van der Waals surface area contributed by atoms with E-state index < -0.39 is 0 Å². The standard InChI is InChI=1S/C36H58O2/c1-33(25-17-11-7-3-5-9-13-19-27-35-29-21-15-22-30-35)37-38-34(2)26-18-12-8-4-6-10-14-20-28-36-31-23-16-24-32-36/h15-16,21-24,29-34H,3-14,17-20,25-28H2,1-2H3. The zero-order valence-corrected chi connectivity index (χ0v) is 24.9. The highest BCUT2D eigenvalue weighted by atomic mass is 17.2. The van der Waals surface area contributed by atoms with Crippen LogP contribution in [0.25, 0.3) is 0 Å². The lowest BCUT2D eigenvalue weighted by atomic mass is 10.0. The molecule has 0 bridgehead atoms. The van der Waals surface area contributed by atoms with E-state index in [2.05, 4.69) is 74.5 Å². The molecule has 0 aromatic heterocycles. The predicted octanol–water partition coefficient (Wildman–Crippen LogP) is 11.2. The summed E-state index contributed by atoms with van der Waals surface area (Å²) in [4.78, 5) is 11.4. The molecule has 0 fully saturated rings. The highest BCUT2D eigenvalue weighted by molar-refractivity contribution is 5.15. The average molecular weight is 523 g/mol. The quantitative estimate of drug-likeness (QED) is 0.0733. The van der Waals surface area contributed by atoms with E-state index in [-0.39, 0.29) is 12.2 Å². The number of aryl methyl sites for hydroxylation is 2. The summed E-state index contributed by atoms with van der Waals surface area (Å²) in [5, 5.41) is 0. The lowest BCUT2D eigenvalue weighted by Crippen LogP contribution is -2.15. The van der Waals surface area contributed by atoms with E-state index in [1.807, 2.05) is 0 Å². The average Bonchev–Trinajstić information content (AvgIpc) is 2.95. The number of hydrogen-bond donors (Lipinski definition) is 0. The summed E-state index contributed by atoms with van der Waals surface area (Å²) >= 11 is 0. The van der Waals surface area contributed by atoms with Crippen LogP contribution in [-0.4, -0.2) is 12.2 Å². The lowest BCUT2D eigenvalue weighted by molar-refractivity contribution is -0.346. The van der Waals surface area contributed by atoms with Crippen molar-refractivity contribution in [1.82, 2.24) is 0 Å². The van der Waals surface area contributed by atoms with Crippen molar-refractivity contribution in [1.29, 1.82) is 0 Å². The van der Waals surface area contributed by atoms with E-state index in [0.717, 1.165) is 12.8 Å².